The highest BCUT2D eigenvalue weighted by Crippen LogP contribution is 2.32. The molecule has 0 aromatic carbocycles. The van der Waals surface area contributed by atoms with E-state index in [9.17, 15) is 0 Å². The van der Waals surface area contributed by atoms with Crippen molar-refractivity contribution in [2.75, 3.05) is 11.1 Å². The van der Waals surface area contributed by atoms with Gasteiger partial charge in [0.2, 0.25) is 5.95 Å². The molecular weight excluding hydrogens is 188 g/mol. The number of rotatable bonds is 2. The predicted octanol–water partition coefficient (Wildman–Crippen LogP) is 1.91. The lowest BCUT2D eigenvalue weighted by Crippen LogP contribution is -2.25. The molecule has 1 aromatic rings. The highest BCUT2D eigenvalue weighted by Gasteiger charge is 2.29. The van der Waals surface area contributed by atoms with Gasteiger partial charge in [0.25, 0.3) is 0 Å². The third-order valence-corrected chi connectivity index (χ3v) is 3.45. The van der Waals surface area contributed by atoms with Gasteiger partial charge in [-0.3, -0.25) is 0 Å². The van der Waals surface area contributed by atoms with Crippen LogP contribution in [0.3, 0.4) is 0 Å². The first-order valence-electron chi connectivity index (χ1n) is 5.51. The average molecular weight is 206 g/mol. The second-order valence-electron chi connectivity index (χ2n) is 4.50. The molecule has 1 aromatic heterocycles. The van der Waals surface area contributed by atoms with Crippen molar-refractivity contribution in [1.82, 2.24) is 9.97 Å². The summed E-state index contributed by atoms with van der Waals surface area (Å²) in [7, 11) is 0. The predicted molar refractivity (Wildman–Crippen MR) is 61.4 cm³/mol. The SMILES string of the molecule is CC1CCC(Nc2ncc(N)cn2)C1C. The van der Waals surface area contributed by atoms with Crippen molar-refractivity contribution < 1.29 is 0 Å². The van der Waals surface area contributed by atoms with E-state index < -0.39 is 0 Å². The zero-order valence-corrected chi connectivity index (χ0v) is 9.27. The Hall–Kier alpha value is -1.32. The quantitative estimate of drug-likeness (QED) is 0.775. The van der Waals surface area contributed by atoms with Gasteiger partial charge >= 0.3 is 0 Å². The number of hydrogen-bond donors (Lipinski definition) is 2. The Morgan fingerprint density at radius 2 is 1.93 bits per heavy atom. The molecule has 4 nitrogen and oxygen atoms in total. The maximum absolute atomic E-state index is 5.53. The van der Waals surface area contributed by atoms with Crippen molar-refractivity contribution in [1.29, 1.82) is 0 Å². The minimum Gasteiger partial charge on any atom is -0.396 e. The molecule has 4 heteroatoms. The van der Waals surface area contributed by atoms with Crippen LogP contribution in [-0.2, 0) is 0 Å². The molecule has 1 aliphatic rings. The first-order chi connectivity index (χ1) is 7.16. The molecule has 3 atom stereocenters. The monoisotopic (exact) mass is 206 g/mol. The third-order valence-electron chi connectivity index (χ3n) is 3.45. The van der Waals surface area contributed by atoms with Crippen LogP contribution in [0, 0.1) is 11.8 Å². The molecule has 0 radical (unpaired) electrons. The molecule has 0 amide bonds. The van der Waals surface area contributed by atoms with Gasteiger partial charge in [-0.25, -0.2) is 9.97 Å². The Morgan fingerprint density at radius 1 is 1.27 bits per heavy atom. The third kappa shape index (κ3) is 2.19. The van der Waals surface area contributed by atoms with Crippen molar-refractivity contribution in [2.45, 2.75) is 32.7 Å². The number of anilines is 2. The first kappa shape index (κ1) is 10.2. The van der Waals surface area contributed by atoms with Crippen molar-refractivity contribution in [3.63, 3.8) is 0 Å². The van der Waals surface area contributed by atoms with Crippen molar-refractivity contribution >= 4 is 11.6 Å². The van der Waals surface area contributed by atoms with Crippen LogP contribution in [-0.4, -0.2) is 16.0 Å². The lowest BCUT2D eigenvalue weighted by Gasteiger charge is -2.19. The summed E-state index contributed by atoms with van der Waals surface area (Å²) in [5.74, 6) is 2.16. The fraction of sp³-hybridized carbons (Fsp3) is 0.636. The lowest BCUT2D eigenvalue weighted by molar-refractivity contribution is 0.434. The van der Waals surface area contributed by atoms with Crippen LogP contribution in [0.15, 0.2) is 12.4 Å². The van der Waals surface area contributed by atoms with Gasteiger partial charge in [0.15, 0.2) is 0 Å². The zero-order valence-electron chi connectivity index (χ0n) is 9.27. The number of nitrogens with zero attached hydrogens (tertiary/aromatic N) is 2. The molecular formula is C11H18N4. The van der Waals surface area contributed by atoms with E-state index in [1.165, 1.54) is 12.8 Å². The summed E-state index contributed by atoms with van der Waals surface area (Å²) in [5.41, 5.74) is 6.14. The fourth-order valence-corrected chi connectivity index (χ4v) is 2.15. The highest BCUT2D eigenvalue weighted by atomic mass is 15.1. The zero-order chi connectivity index (χ0) is 10.8. The van der Waals surface area contributed by atoms with Crippen molar-refractivity contribution in [2.24, 2.45) is 11.8 Å². The van der Waals surface area contributed by atoms with Crippen LogP contribution >= 0.6 is 0 Å². The molecule has 3 unspecified atom stereocenters. The molecule has 15 heavy (non-hydrogen) atoms. The highest BCUT2D eigenvalue weighted by molar-refractivity contribution is 5.36. The molecule has 2 rings (SSSR count). The van der Waals surface area contributed by atoms with Gasteiger partial charge in [0, 0.05) is 6.04 Å². The summed E-state index contributed by atoms with van der Waals surface area (Å²) in [6.45, 7) is 4.59. The van der Waals surface area contributed by atoms with E-state index in [1.807, 2.05) is 0 Å². The van der Waals surface area contributed by atoms with Gasteiger partial charge in [-0.15, -0.1) is 0 Å². The van der Waals surface area contributed by atoms with E-state index >= 15 is 0 Å². The molecule has 0 saturated heterocycles. The van der Waals surface area contributed by atoms with Gasteiger partial charge < -0.3 is 11.1 Å². The van der Waals surface area contributed by atoms with E-state index in [0.29, 0.717) is 23.6 Å². The number of nitrogens with one attached hydrogen (secondary N) is 1. The number of nitrogen functional groups attached to an aromatic ring is 1. The fourth-order valence-electron chi connectivity index (χ4n) is 2.15. The maximum atomic E-state index is 5.53. The van der Waals surface area contributed by atoms with Gasteiger partial charge in [0.1, 0.15) is 0 Å². The van der Waals surface area contributed by atoms with Crippen molar-refractivity contribution in [3.05, 3.63) is 12.4 Å². The first-order valence-corrected chi connectivity index (χ1v) is 5.51. The number of hydrogen-bond acceptors (Lipinski definition) is 4. The Balaban J connectivity index is 2.00. The van der Waals surface area contributed by atoms with Crippen LogP contribution < -0.4 is 11.1 Å². The lowest BCUT2D eigenvalue weighted by atomic mass is 9.98. The van der Waals surface area contributed by atoms with Crippen LogP contribution in [0.1, 0.15) is 26.7 Å². The molecule has 1 saturated carbocycles. The number of nitrogens with two attached hydrogens (primary N) is 1. The smallest absolute Gasteiger partial charge is 0.222 e. The standard InChI is InChI=1S/C11H18N4/c1-7-3-4-10(8(7)2)15-11-13-5-9(12)6-14-11/h5-8,10H,3-4,12H2,1-2H3,(H,13,14,15). The van der Waals surface area contributed by atoms with Crippen LogP contribution in [0.4, 0.5) is 11.6 Å². The molecule has 1 fully saturated rings. The largest absolute Gasteiger partial charge is 0.396 e. The molecule has 3 N–H and O–H groups in total. The summed E-state index contributed by atoms with van der Waals surface area (Å²) in [6.07, 6.45) is 5.76. The topological polar surface area (TPSA) is 63.8 Å². The van der Waals surface area contributed by atoms with Gasteiger partial charge in [-0.2, -0.15) is 0 Å². The summed E-state index contributed by atoms with van der Waals surface area (Å²) < 4.78 is 0. The second-order valence-corrected chi connectivity index (χ2v) is 4.50. The minimum absolute atomic E-state index is 0.503. The molecule has 1 heterocycles. The number of aromatic nitrogens is 2. The Morgan fingerprint density at radius 3 is 2.47 bits per heavy atom. The summed E-state index contributed by atoms with van der Waals surface area (Å²) in [6, 6.07) is 0.503. The Kier molecular flexibility index (Phi) is 2.75. The van der Waals surface area contributed by atoms with E-state index in [4.69, 9.17) is 5.73 Å². The van der Waals surface area contributed by atoms with Crippen molar-refractivity contribution in [3.8, 4) is 0 Å². The van der Waals surface area contributed by atoms with Gasteiger partial charge in [-0.1, -0.05) is 13.8 Å². The minimum atomic E-state index is 0.503. The summed E-state index contributed by atoms with van der Waals surface area (Å²) >= 11 is 0. The van der Waals surface area contributed by atoms with E-state index in [-0.39, 0.29) is 0 Å². The van der Waals surface area contributed by atoms with Crippen LogP contribution in [0.5, 0.6) is 0 Å². The molecule has 0 aliphatic heterocycles. The average Bonchev–Trinajstić information content (AvgIpc) is 2.53. The van der Waals surface area contributed by atoms with Gasteiger partial charge in [0.05, 0.1) is 18.1 Å². The van der Waals surface area contributed by atoms with Gasteiger partial charge in [-0.05, 0) is 24.7 Å². The van der Waals surface area contributed by atoms with Crippen LogP contribution in [0.2, 0.25) is 0 Å². The van der Waals surface area contributed by atoms with Crippen LogP contribution in [0.25, 0.3) is 0 Å². The Bertz CT molecular complexity index is 322. The molecule has 1 aliphatic carbocycles. The maximum Gasteiger partial charge on any atom is 0.222 e. The summed E-state index contributed by atoms with van der Waals surface area (Å²) in [4.78, 5) is 8.31. The van der Waals surface area contributed by atoms with E-state index in [1.54, 1.807) is 12.4 Å². The molecule has 82 valence electrons. The summed E-state index contributed by atoms with van der Waals surface area (Å²) in [5, 5.41) is 3.37. The molecule has 0 spiro atoms. The second kappa shape index (κ2) is 4.04. The van der Waals surface area contributed by atoms with E-state index in [2.05, 4.69) is 29.1 Å². The van der Waals surface area contributed by atoms with E-state index in [0.717, 1.165) is 5.92 Å². The normalized spacial score (nSPS) is 30.4. The Labute approximate surface area is 90.3 Å². The molecule has 0 bridgehead atoms.